The Balaban J connectivity index is 2.19. The van der Waals surface area contributed by atoms with Gasteiger partial charge >= 0.3 is 0 Å². The first kappa shape index (κ1) is 15.2. The smallest absolute Gasteiger partial charge is 0.123 e. The van der Waals surface area contributed by atoms with Gasteiger partial charge in [0.2, 0.25) is 0 Å². The van der Waals surface area contributed by atoms with E-state index in [-0.39, 0.29) is 0 Å². The molecule has 4 nitrogen and oxygen atoms in total. The van der Waals surface area contributed by atoms with Crippen molar-refractivity contribution in [3.8, 4) is 5.75 Å². The van der Waals surface area contributed by atoms with Crippen molar-refractivity contribution >= 4 is 11.4 Å². The Morgan fingerprint density at radius 3 is 2.57 bits per heavy atom. The Morgan fingerprint density at radius 1 is 1.14 bits per heavy atom. The van der Waals surface area contributed by atoms with Crippen molar-refractivity contribution in [1.82, 2.24) is 4.98 Å². The lowest BCUT2D eigenvalue weighted by atomic mass is 10.2. The summed E-state index contributed by atoms with van der Waals surface area (Å²) in [5.41, 5.74) is 9.04. The van der Waals surface area contributed by atoms with Gasteiger partial charge in [0.25, 0.3) is 0 Å². The van der Waals surface area contributed by atoms with E-state index in [4.69, 9.17) is 10.5 Å². The van der Waals surface area contributed by atoms with Gasteiger partial charge in [0, 0.05) is 49.0 Å². The maximum atomic E-state index is 6.00. The molecule has 1 heterocycles. The number of hydrogen-bond donors (Lipinski definition) is 1. The van der Waals surface area contributed by atoms with Gasteiger partial charge in [-0.25, -0.2) is 0 Å². The normalized spacial score (nSPS) is 10.4. The maximum Gasteiger partial charge on any atom is 0.123 e. The predicted octanol–water partition coefficient (Wildman–Crippen LogP) is 3.48. The molecule has 112 valence electrons. The van der Waals surface area contributed by atoms with Gasteiger partial charge in [-0.2, -0.15) is 0 Å². The number of nitrogens with zero attached hydrogens (tertiary/aromatic N) is 2. The molecular weight excluding hydrogens is 262 g/mol. The molecular formula is C17H23N3O. The largest absolute Gasteiger partial charge is 0.493 e. The fourth-order valence-electron chi connectivity index (χ4n) is 2.19. The van der Waals surface area contributed by atoms with Crippen LogP contribution in [-0.4, -0.2) is 18.1 Å². The fourth-order valence-corrected chi connectivity index (χ4v) is 2.19. The number of rotatable bonds is 7. The summed E-state index contributed by atoms with van der Waals surface area (Å²) in [4.78, 5) is 6.32. The van der Waals surface area contributed by atoms with Crippen molar-refractivity contribution in [3.05, 3.63) is 48.3 Å². The summed E-state index contributed by atoms with van der Waals surface area (Å²) in [7, 11) is 0. The topological polar surface area (TPSA) is 51.4 Å². The first-order valence-corrected chi connectivity index (χ1v) is 7.40. The molecule has 0 spiro atoms. The van der Waals surface area contributed by atoms with Gasteiger partial charge in [-0.05, 0) is 37.1 Å². The van der Waals surface area contributed by atoms with Gasteiger partial charge in [0.1, 0.15) is 5.75 Å². The molecule has 2 N–H and O–H groups in total. The Kier molecular flexibility index (Phi) is 5.43. The van der Waals surface area contributed by atoms with E-state index in [1.165, 1.54) is 5.56 Å². The Bertz CT molecular complexity index is 557. The van der Waals surface area contributed by atoms with Gasteiger partial charge < -0.3 is 15.4 Å². The van der Waals surface area contributed by atoms with E-state index >= 15 is 0 Å². The number of hydrogen-bond acceptors (Lipinski definition) is 4. The molecule has 0 unspecified atom stereocenters. The highest BCUT2D eigenvalue weighted by Crippen LogP contribution is 2.26. The zero-order valence-electron chi connectivity index (χ0n) is 12.7. The molecule has 0 saturated carbocycles. The monoisotopic (exact) mass is 285 g/mol. The van der Waals surface area contributed by atoms with Crippen LogP contribution in [0.1, 0.15) is 25.8 Å². The summed E-state index contributed by atoms with van der Waals surface area (Å²) in [5.74, 6) is 0.833. The number of anilines is 2. The highest BCUT2D eigenvalue weighted by molar-refractivity contribution is 5.60. The van der Waals surface area contributed by atoms with E-state index in [1.807, 2.05) is 36.7 Å². The molecule has 21 heavy (non-hydrogen) atoms. The summed E-state index contributed by atoms with van der Waals surface area (Å²) < 4.78 is 5.70. The van der Waals surface area contributed by atoms with E-state index < -0.39 is 0 Å². The minimum atomic E-state index is 0.708. The van der Waals surface area contributed by atoms with E-state index in [0.29, 0.717) is 6.61 Å². The predicted molar refractivity (Wildman–Crippen MR) is 87.6 cm³/mol. The number of pyridine rings is 1. The van der Waals surface area contributed by atoms with Gasteiger partial charge in [-0.1, -0.05) is 6.92 Å². The molecule has 0 saturated heterocycles. The van der Waals surface area contributed by atoms with Crippen LogP contribution in [0.3, 0.4) is 0 Å². The lowest BCUT2D eigenvalue weighted by molar-refractivity contribution is 0.317. The summed E-state index contributed by atoms with van der Waals surface area (Å²) in [6, 6.07) is 9.98. The first-order chi connectivity index (χ1) is 10.2. The van der Waals surface area contributed by atoms with E-state index in [1.54, 1.807) is 0 Å². The molecule has 0 aliphatic rings. The fraction of sp³-hybridized carbons (Fsp3) is 0.353. The minimum Gasteiger partial charge on any atom is -0.493 e. The SMILES string of the molecule is CCCOc1cc(N)cc(N(CC)Cc2ccncc2)c1. The third-order valence-corrected chi connectivity index (χ3v) is 3.26. The van der Waals surface area contributed by atoms with Gasteiger partial charge in [-0.3, -0.25) is 4.98 Å². The van der Waals surface area contributed by atoms with Crippen LogP contribution in [0, 0.1) is 0 Å². The van der Waals surface area contributed by atoms with Crippen LogP contribution in [0.25, 0.3) is 0 Å². The van der Waals surface area contributed by atoms with E-state index in [0.717, 1.165) is 36.6 Å². The van der Waals surface area contributed by atoms with E-state index in [2.05, 4.69) is 29.8 Å². The third kappa shape index (κ3) is 4.38. The van der Waals surface area contributed by atoms with E-state index in [9.17, 15) is 0 Å². The second-order valence-electron chi connectivity index (χ2n) is 4.98. The Labute approximate surface area is 126 Å². The van der Waals surface area contributed by atoms with Crippen LogP contribution in [0.15, 0.2) is 42.7 Å². The molecule has 1 aromatic carbocycles. The van der Waals surface area contributed by atoms with Crippen molar-refractivity contribution < 1.29 is 4.74 Å². The molecule has 2 rings (SSSR count). The Morgan fingerprint density at radius 2 is 1.90 bits per heavy atom. The highest BCUT2D eigenvalue weighted by Gasteiger charge is 2.08. The molecule has 0 aliphatic carbocycles. The minimum absolute atomic E-state index is 0.708. The molecule has 1 aromatic heterocycles. The van der Waals surface area contributed by atoms with Gasteiger partial charge in [-0.15, -0.1) is 0 Å². The lowest BCUT2D eigenvalue weighted by Gasteiger charge is -2.24. The summed E-state index contributed by atoms with van der Waals surface area (Å²) >= 11 is 0. The summed E-state index contributed by atoms with van der Waals surface area (Å²) in [6.45, 7) is 6.67. The number of nitrogens with two attached hydrogens (primary N) is 1. The van der Waals surface area contributed by atoms with Crippen LogP contribution in [0.2, 0.25) is 0 Å². The molecule has 4 heteroatoms. The summed E-state index contributed by atoms with van der Waals surface area (Å²) in [6.07, 6.45) is 4.62. The molecule has 0 atom stereocenters. The Hall–Kier alpha value is -2.23. The molecule has 0 fully saturated rings. The molecule has 0 radical (unpaired) electrons. The van der Waals surface area contributed by atoms with Crippen LogP contribution >= 0.6 is 0 Å². The van der Waals surface area contributed by atoms with Crippen molar-refractivity contribution in [2.45, 2.75) is 26.8 Å². The van der Waals surface area contributed by atoms with Gasteiger partial charge in [0.15, 0.2) is 0 Å². The zero-order valence-corrected chi connectivity index (χ0v) is 12.7. The maximum absolute atomic E-state index is 6.00. The number of nitrogen functional groups attached to an aromatic ring is 1. The third-order valence-electron chi connectivity index (χ3n) is 3.26. The van der Waals surface area contributed by atoms with Crippen LogP contribution < -0.4 is 15.4 Å². The van der Waals surface area contributed by atoms with Gasteiger partial charge in [0.05, 0.1) is 6.61 Å². The highest BCUT2D eigenvalue weighted by atomic mass is 16.5. The second kappa shape index (κ2) is 7.53. The second-order valence-corrected chi connectivity index (χ2v) is 4.98. The standard InChI is InChI=1S/C17H23N3O/c1-3-9-21-17-11-15(18)10-16(12-17)20(4-2)13-14-5-7-19-8-6-14/h5-8,10-12H,3-4,9,13,18H2,1-2H3. The van der Waals surface area contributed by atoms with Crippen LogP contribution in [0.5, 0.6) is 5.75 Å². The molecule has 0 amide bonds. The number of ether oxygens (including phenoxy) is 1. The van der Waals surface area contributed by atoms with Crippen molar-refractivity contribution in [2.24, 2.45) is 0 Å². The zero-order chi connectivity index (χ0) is 15.1. The van der Waals surface area contributed by atoms with Crippen molar-refractivity contribution in [1.29, 1.82) is 0 Å². The summed E-state index contributed by atoms with van der Waals surface area (Å²) in [5, 5.41) is 0. The van der Waals surface area contributed by atoms with Crippen LogP contribution in [-0.2, 0) is 6.54 Å². The average Bonchev–Trinajstić information content (AvgIpc) is 2.51. The van der Waals surface area contributed by atoms with Crippen molar-refractivity contribution in [2.75, 3.05) is 23.8 Å². The van der Waals surface area contributed by atoms with Crippen molar-refractivity contribution in [3.63, 3.8) is 0 Å². The average molecular weight is 285 g/mol. The number of aromatic nitrogens is 1. The molecule has 0 bridgehead atoms. The molecule has 2 aromatic rings. The quantitative estimate of drug-likeness (QED) is 0.791. The number of benzene rings is 1. The first-order valence-electron chi connectivity index (χ1n) is 7.40. The molecule has 0 aliphatic heterocycles. The van der Waals surface area contributed by atoms with Crippen LogP contribution in [0.4, 0.5) is 11.4 Å². The lowest BCUT2D eigenvalue weighted by Crippen LogP contribution is -2.22.